The van der Waals surface area contributed by atoms with Crippen molar-refractivity contribution in [2.45, 2.75) is 12.5 Å². The van der Waals surface area contributed by atoms with Crippen LogP contribution < -0.4 is 10.1 Å². The number of aliphatic carboxylic acids is 1. The van der Waals surface area contributed by atoms with Gasteiger partial charge >= 0.3 is 5.97 Å². The van der Waals surface area contributed by atoms with Crippen molar-refractivity contribution >= 4 is 5.97 Å². The Kier molecular flexibility index (Phi) is 4.05. The molecular formula is C10H14N2O3. The molecule has 0 spiro atoms. The van der Waals surface area contributed by atoms with Crippen molar-refractivity contribution in [3.63, 3.8) is 0 Å². The standard InChI is InChI=1S/C10H14N2O3/c1-11-8(10(13)14)5-7-3-4-12-9(6-7)15-2/h3-4,6,8,11H,5H2,1-2H3,(H,13,14)/t8-/m0/s1. The van der Waals surface area contributed by atoms with Gasteiger partial charge in [0, 0.05) is 12.3 Å². The van der Waals surface area contributed by atoms with Gasteiger partial charge in [-0.25, -0.2) is 4.98 Å². The normalized spacial score (nSPS) is 12.1. The largest absolute Gasteiger partial charge is 0.481 e. The molecule has 1 aromatic heterocycles. The van der Waals surface area contributed by atoms with E-state index < -0.39 is 12.0 Å². The molecule has 5 heteroatoms. The van der Waals surface area contributed by atoms with Crippen LogP contribution in [-0.2, 0) is 11.2 Å². The molecule has 82 valence electrons. The van der Waals surface area contributed by atoms with Gasteiger partial charge in [0.1, 0.15) is 6.04 Å². The minimum Gasteiger partial charge on any atom is -0.481 e. The lowest BCUT2D eigenvalue weighted by Crippen LogP contribution is -2.35. The maximum Gasteiger partial charge on any atom is 0.321 e. The summed E-state index contributed by atoms with van der Waals surface area (Å²) in [7, 11) is 3.15. The van der Waals surface area contributed by atoms with Crippen molar-refractivity contribution in [2.75, 3.05) is 14.2 Å². The maximum atomic E-state index is 10.8. The van der Waals surface area contributed by atoms with E-state index in [2.05, 4.69) is 10.3 Å². The third kappa shape index (κ3) is 3.21. The van der Waals surface area contributed by atoms with E-state index in [1.54, 1.807) is 25.4 Å². The van der Waals surface area contributed by atoms with Gasteiger partial charge in [-0.1, -0.05) is 0 Å². The number of methoxy groups -OCH3 is 1. The first kappa shape index (κ1) is 11.5. The molecule has 1 atom stereocenters. The highest BCUT2D eigenvalue weighted by molar-refractivity contribution is 5.73. The molecule has 15 heavy (non-hydrogen) atoms. The Hall–Kier alpha value is -1.62. The van der Waals surface area contributed by atoms with E-state index in [1.807, 2.05) is 0 Å². The smallest absolute Gasteiger partial charge is 0.321 e. The zero-order valence-electron chi connectivity index (χ0n) is 8.73. The molecule has 0 saturated carbocycles. The third-order valence-corrected chi connectivity index (χ3v) is 2.09. The van der Waals surface area contributed by atoms with Gasteiger partial charge in [-0.2, -0.15) is 0 Å². The van der Waals surface area contributed by atoms with E-state index >= 15 is 0 Å². The quantitative estimate of drug-likeness (QED) is 0.731. The number of nitrogens with zero attached hydrogens (tertiary/aromatic N) is 1. The summed E-state index contributed by atoms with van der Waals surface area (Å²) in [4.78, 5) is 14.7. The molecule has 0 bridgehead atoms. The number of hydrogen-bond donors (Lipinski definition) is 2. The van der Waals surface area contributed by atoms with Crippen LogP contribution in [0.25, 0.3) is 0 Å². The molecule has 0 amide bonds. The third-order valence-electron chi connectivity index (χ3n) is 2.09. The lowest BCUT2D eigenvalue weighted by molar-refractivity contribution is -0.139. The molecule has 0 unspecified atom stereocenters. The first-order valence-electron chi connectivity index (χ1n) is 4.56. The van der Waals surface area contributed by atoms with Crippen LogP contribution in [0.2, 0.25) is 0 Å². The van der Waals surface area contributed by atoms with Crippen molar-refractivity contribution in [1.82, 2.24) is 10.3 Å². The summed E-state index contributed by atoms with van der Waals surface area (Å²) in [5.41, 5.74) is 0.878. The van der Waals surface area contributed by atoms with Gasteiger partial charge in [-0.15, -0.1) is 0 Å². The van der Waals surface area contributed by atoms with Gasteiger partial charge in [0.2, 0.25) is 5.88 Å². The number of hydrogen-bond acceptors (Lipinski definition) is 4. The summed E-state index contributed by atoms with van der Waals surface area (Å²) in [5, 5.41) is 11.6. The Balaban J connectivity index is 2.74. The molecule has 0 saturated heterocycles. The first-order valence-corrected chi connectivity index (χ1v) is 4.56. The highest BCUT2D eigenvalue weighted by Gasteiger charge is 2.15. The number of carbonyl (C=O) groups is 1. The molecule has 1 heterocycles. The van der Waals surface area contributed by atoms with Crippen LogP contribution in [-0.4, -0.2) is 36.3 Å². The fourth-order valence-corrected chi connectivity index (χ4v) is 1.24. The van der Waals surface area contributed by atoms with Crippen molar-refractivity contribution < 1.29 is 14.6 Å². The summed E-state index contributed by atoms with van der Waals surface area (Å²) in [6.45, 7) is 0. The van der Waals surface area contributed by atoms with Crippen LogP contribution in [0.3, 0.4) is 0 Å². The lowest BCUT2D eigenvalue weighted by Gasteiger charge is -2.11. The Labute approximate surface area is 88.1 Å². The van der Waals surface area contributed by atoms with E-state index in [1.165, 1.54) is 7.11 Å². The van der Waals surface area contributed by atoms with Crippen LogP contribution >= 0.6 is 0 Å². The number of carboxylic acid groups (broad SMARTS) is 1. The topological polar surface area (TPSA) is 71.5 Å². The van der Waals surface area contributed by atoms with Gasteiger partial charge in [-0.3, -0.25) is 4.79 Å². The summed E-state index contributed by atoms with van der Waals surface area (Å²) in [6.07, 6.45) is 2.01. The minimum atomic E-state index is -0.867. The van der Waals surface area contributed by atoms with E-state index in [4.69, 9.17) is 9.84 Å². The zero-order valence-corrected chi connectivity index (χ0v) is 8.73. The predicted octanol–water partition coefficient (Wildman–Crippen LogP) is 0.305. The highest BCUT2D eigenvalue weighted by Crippen LogP contribution is 2.10. The molecule has 0 aliphatic heterocycles. The highest BCUT2D eigenvalue weighted by atomic mass is 16.5. The van der Waals surface area contributed by atoms with Gasteiger partial charge in [-0.05, 0) is 25.1 Å². The molecule has 5 nitrogen and oxygen atoms in total. The summed E-state index contributed by atoms with van der Waals surface area (Å²) in [5.74, 6) is -0.374. The average molecular weight is 210 g/mol. The van der Waals surface area contributed by atoms with Gasteiger partial charge in [0.15, 0.2) is 0 Å². The molecule has 0 aliphatic rings. The maximum absolute atomic E-state index is 10.8. The number of carboxylic acids is 1. The van der Waals surface area contributed by atoms with Crippen molar-refractivity contribution in [3.8, 4) is 5.88 Å². The lowest BCUT2D eigenvalue weighted by atomic mass is 10.1. The molecule has 2 N–H and O–H groups in total. The van der Waals surface area contributed by atoms with Crippen LogP contribution in [0.15, 0.2) is 18.3 Å². The summed E-state index contributed by atoms with van der Waals surface area (Å²) >= 11 is 0. The van der Waals surface area contributed by atoms with Crippen LogP contribution in [0.1, 0.15) is 5.56 Å². The van der Waals surface area contributed by atoms with Gasteiger partial charge < -0.3 is 15.2 Å². The summed E-state index contributed by atoms with van der Waals surface area (Å²) in [6, 6.07) is 2.92. The van der Waals surface area contributed by atoms with Crippen molar-refractivity contribution in [2.24, 2.45) is 0 Å². The van der Waals surface area contributed by atoms with E-state index in [9.17, 15) is 4.79 Å². The van der Waals surface area contributed by atoms with Crippen LogP contribution in [0.5, 0.6) is 5.88 Å². The van der Waals surface area contributed by atoms with Gasteiger partial charge in [0.25, 0.3) is 0 Å². The van der Waals surface area contributed by atoms with E-state index in [0.717, 1.165) is 5.56 Å². The van der Waals surface area contributed by atoms with Crippen LogP contribution in [0, 0.1) is 0 Å². The molecule has 0 radical (unpaired) electrons. The SMILES string of the molecule is CN[C@@H](Cc1ccnc(OC)c1)C(=O)O. The Morgan fingerprint density at radius 3 is 3.00 bits per heavy atom. The van der Waals surface area contributed by atoms with Gasteiger partial charge in [0.05, 0.1) is 7.11 Å². The van der Waals surface area contributed by atoms with Crippen molar-refractivity contribution in [1.29, 1.82) is 0 Å². The first-order chi connectivity index (χ1) is 7.17. The number of pyridine rings is 1. The van der Waals surface area contributed by atoms with E-state index in [-0.39, 0.29) is 0 Å². The van der Waals surface area contributed by atoms with E-state index in [0.29, 0.717) is 12.3 Å². The number of nitrogens with one attached hydrogen (secondary N) is 1. The average Bonchev–Trinajstić information content (AvgIpc) is 2.25. The van der Waals surface area contributed by atoms with Crippen LogP contribution in [0.4, 0.5) is 0 Å². The fourth-order valence-electron chi connectivity index (χ4n) is 1.24. The Morgan fingerprint density at radius 1 is 1.73 bits per heavy atom. The Bertz CT molecular complexity index is 341. The fraction of sp³-hybridized carbons (Fsp3) is 0.400. The zero-order chi connectivity index (χ0) is 11.3. The second kappa shape index (κ2) is 5.31. The van der Waals surface area contributed by atoms with Crippen molar-refractivity contribution in [3.05, 3.63) is 23.9 Å². The second-order valence-electron chi connectivity index (χ2n) is 3.09. The Morgan fingerprint density at radius 2 is 2.47 bits per heavy atom. The number of likely N-dealkylation sites (N-methyl/N-ethyl adjacent to an activating group) is 1. The summed E-state index contributed by atoms with van der Waals surface area (Å²) < 4.78 is 4.95. The molecule has 0 aromatic carbocycles. The monoisotopic (exact) mass is 210 g/mol. The molecule has 1 rings (SSSR count). The molecular weight excluding hydrogens is 196 g/mol. The molecule has 0 aliphatic carbocycles. The number of rotatable bonds is 5. The number of ether oxygens (including phenoxy) is 1. The predicted molar refractivity (Wildman–Crippen MR) is 55.0 cm³/mol. The second-order valence-corrected chi connectivity index (χ2v) is 3.09. The molecule has 1 aromatic rings. The molecule has 0 fully saturated rings. The minimum absolute atomic E-state index is 0.407. The number of aromatic nitrogens is 1.